The molecule has 0 saturated carbocycles. The molecule has 0 aliphatic heterocycles. The normalized spacial score (nSPS) is 10.8. The highest BCUT2D eigenvalue weighted by Crippen LogP contribution is 2.19. The SMILES string of the molecule is Cc1ccc(Nc2cc(NCCCN(C)C)ncn2)cc1C. The average Bonchev–Trinajstić information content (AvgIpc) is 2.48. The Labute approximate surface area is 132 Å². The van der Waals surface area contributed by atoms with Crippen LogP contribution in [0.25, 0.3) is 0 Å². The summed E-state index contributed by atoms with van der Waals surface area (Å²) in [6, 6.07) is 8.24. The van der Waals surface area contributed by atoms with Gasteiger partial charge in [-0.2, -0.15) is 0 Å². The quantitative estimate of drug-likeness (QED) is 0.769. The van der Waals surface area contributed by atoms with Crippen LogP contribution < -0.4 is 10.6 Å². The lowest BCUT2D eigenvalue weighted by molar-refractivity contribution is 0.405. The summed E-state index contributed by atoms with van der Waals surface area (Å²) in [6.45, 7) is 6.18. The molecule has 1 aromatic carbocycles. The average molecular weight is 299 g/mol. The predicted octanol–water partition coefficient (Wildman–Crippen LogP) is 3.20. The first-order valence-corrected chi connectivity index (χ1v) is 7.59. The van der Waals surface area contributed by atoms with Gasteiger partial charge >= 0.3 is 0 Å². The van der Waals surface area contributed by atoms with E-state index < -0.39 is 0 Å². The second-order valence-corrected chi connectivity index (χ2v) is 5.80. The van der Waals surface area contributed by atoms with E-state index >= 15 is 0 Å². The van der Waals surface area contributed by atoms with Crippen molar-refractivity contribution in [2.24, 2.45) is 0 Å². The maximum absolute atomic E-state index is 4.27. The van der Waals surface area contributed by atoms with E-state index in [1.54, 1.807) is 6.33 Å². The lowest BCUT2D eigenvalue weighted by Crippen LogP contribution is -2.16. The van der Waals surface area contributed by atoms with E-state index in [0.29, 0.717) is 0 Å². The van der Waals surface area contributed by atoms with Crippen molar-refractivity contribution in [2.45, 2.75) is 20.3 Å². The Kier molecular flexibility index (Phi) is 5.72. The number of hydrogen-bond donors (Lipinski definition) is 2. The van der Waals surface area contributed by atoms with Crippen LogP contribution in [0.15, 0.2) is 30.6 Å². The smallest absolute Gasteiger partial charge is 0.135 e. The molecule has 2 N–H and O–H groups in total. The summed E-state index contributed by atoms with van der Waals surface area (Å²) in [7, 11) is 4.16. The van der Waals surface area contributed by atoms with Crippen molar-refractivity contribution in [3.05, 3.63) is 41.7 Å². The number of hydrogen-bond acceptors (Lipinski definition) is 5. The third kappa shape index (κ3) is 5.00. The molecule has 22 heavy (non-hydrogen) atoms. The van der Waals surface area contributed by atoms with Gasteiger partial charge in [0, 0.05) is 18.3 Å². The van der Waals surface area contributed by atoms with Crippen LogP contribution in [0.5, 0.6) is 0 Å². The van der Waals surface area contributed by atoms with Crippen LogP contribution in [0.2, 0.25) is 0 Å². The van der Waals surface area contributed by atoms with E-state index in [9.17, 15) is 0 Å². The maximum atomic E-state index is 4.27. The first-order chi connectivity index (χ1) is 10.5. The van der Waals surface area contributed by atoms with Gasteiger partial charge in [0.15, 0.2) is 0 Å². The molecule has 0 bridgehead atoms. The molecular weight excluding hydrogens is 274 g/mol. The molecule has 0 amide bonds. The number of benzene rings is 1. The van der Waals surface area contributed by atoms with Crippen LogP contribution in [0, 0.1) is 13.8 Å². The van der Waals surface area contributed by atoms with Gasteiger partial charge in [0.1, 0.15) is 18.0 Å². The Morgan fingerprint density at radius 1 is 1.00 bits per heavy atom. The van der Waals surface area contributed by atoms with Gasteiger partial charge in [0.2, 0.25) is 0 Å². The molecule has 0 aliphatic rings. The van der Waals surface area contributed by atoms with Crippen LogP contribution in [0.1, 0.15) is 17.5 Å². The molecule has 0 fully saturated rings. The van der Waals surface area contributed by atoms with Gasteiger partial charge < -0.3 is 15.5 Å². The van der Waals surface area contributed by atoms with Gasteiger partial charge in [0.05, 0.1) is 0 Å². The zero-order valence-corrected chi connectivity index (χ0v) is 13.8. The van der Waals surface area contributed by atoms with Gasteiger partial charge in [-0.3, -0.25) is 0 Å². The van der Waals surface area contributed by atoms with Crippen LogP contribution in [-0.2, 0) is 0 Å². The molecule has 0 aliphatic carbocycles. The van der Waals surface area contributed by atoms with E-state index in [1.807, 2.05) is 6.07 Å². The van der Waals surface area contributed by atoms with Crippen LogP contribution >= 0.6 is 0 Å². The fourth-order valence-corrected chi connectivity index (χ4v) is 2.10. The summed E-state index contributed by atoms with van der Waals surface area (Å²) in [6.07, 6.45) is 2.66. The summed E-state index contributed by atoms with van der Waals surface area (Å²) in [5, 5.41) is 6.65. The van der Waals surface area contributed by atoms with Crippen molar-refractivity contribution < 1.29 is 0 Å². The lowest BCUT2D eigenvalue weighted by Gasteiger charge is -2.11. The first kappa shape index (κ1) is 16.2. The highest BCUT2D eigenvalue weighted by atomic mass is 15.1. The minimum absolute atomic E-state index is 0.799. The Hall–Kier alpha value is -2.14. The monoisotopic (exact) mass is 299 g/mol. The highest BCUT2D eigenvalue weighted by molar-refractivity contribution is 5.60. The molecule has 5 nitrogen and oxygen atoms in total. The molecule has 5 heteroatoms. The van der Waals surface area contributed by atoms with Gasteiger partial charge in [0.25, 0.3) is 0 Å². The number of anilines is 3. The van der Waals surface area contributed by atoms with Crippen LogP contribution in [0.3, 0.4) is 0 Å². The number of aromatic nitrogens is 2. The van der Waals surface area contributed by atoms with Crippen molar-refractivity contribution in [1.29, 1.82) is 0 Å². The summed E-state index contributed by atoms with van der Waals surface area (Å²) >= 11 is 0. The number of nitrogens with zero attached hydrogens (tertiary/aromatic N) is 3. The second kappa shape index (κ2) is 7.75. The molecule has 2 rings (SSSR count). The van der Waals surface area contributed by atoms with E-state index in [2.05, 4.69) is 71.6 Å². The lowest BCUT2D eigenvalue weighted by atomic mass is 10.1. The van der Waals surface area contributed by atoms with Crippen molar-refractivity contribution >= 4 is 17.3 Å². The molecule has 0 saturated heterocycles. The minimum Gasteiger partial charge on any atom is -0.370 e. The molecule has 0 spiro atoms. The first-order valence-electron chi connectivity index (χ1n) is 7.59. The standard InChI is InChI=1S/C17H25N5/c1-13-6-7-15(10-14(13)2)21-17-11-16(19-12-20-17)18-8-5-9-22(3)4/h6-7,10-12H,5,8-9H2,1-4H3,(H2,18,19,20,21). The summed E-state index contributed by atoms with van der Waals surface area (Å²) in [4.78, 5) is 10.7. The molecule has 1 heterocycles. The van der Waals surface area contributed by atoms with Gasteiger partial charge in [-0.05, 0) is 64.2 Å². The van der Waals surface area contributed by atoms with Crippen LogP contribution in [-0.4, -0.2) is 42.1 Å². The summed E-state index contributed by atoms with van der Waals surface area (Å²) in [5.74, 6) is 1.65. The molecule has 0 unspecified atom stereocenters. The Bertz CT molecular complexity index is 610. The molecule has 118 valence electrons. The zero-order valence-electron chi connectivity index (χ0n) is 13.8. The van der Waals surface area contributed by atoms with Crippen molar-refractivity contribution in [3.8, 4) is 0 Å². The number of rotatable bonds is 7. The Morgan fingerprint density at radius 3 is 2.50 bits per heavy atom. The fourth-order valence-electron chi connectivity index (χ4n) is 2.10. The predicted molar refractivity (Wildman–Crippen MR) is 92.9 cm³/mol. The van der Waals surface area contributed by atoms with E-state index in [0.717, 1.165) is 36.8 Å². The number of aryl methyl sites for hydroxylation is 2. The second-order valence-electron chi connectivity index (χ2n) is 5.80. The minimum atomic E-state index is 0.799. The molecule has 1 aromatic heterocycles. The van der Waals surface area contributed by atoms with E-state index in [-0.39, 0.29) is 0 Å². The highest BCUT2D eigenvalue weighted by Gasteiger charge is 2.01. The molecule has 0 radical (unpaired) electrons. The molecule has 0 atom stereocenters. The van der Waals surface area contributed by atoms with Crippen molar-refractivity contribution in [3.63, 3.8) is 0 Å². The molecule has 2 aromatic rings. The Morgan fingerprint density at radius 2 is 1.77 bits per heavy atom. The summed E-state index contributed by atoms with van der Waals surface area (Å²) < 4.78 is 0. The third-order valence-corrected chi connectivity index (χ3v) is 3.53. The Balaban J connectivity index is 1.94. The third-order valence-electron chi connectivity index (χ3n) is 3.53. The van der Waals surface area contributed by atoms with E-state index in [4.69, 9.17) is 0 Å². The van der Waals surface area contributed by atoms with Crippen LogP contribution in [0.4, 0.5) is 17.3 Å². The van der Waals surface area contributed by atoms with E-state index in [1.165, 1.54) is 11.1 Å². The summed E-state index contributed by atoms with van der Waals surface area (Å²) in [5.41, 5.74) is 3.60. The fraction of sp³-hybridized carbons (Fsp3) is 0.412. The van der Waals surface area contributed by atoms with Gasteiger partial charge in [-0.15, -0.1) is 0 Å². The number of nitrogens with one attached hydrogen (secondary N) is 2. The maximum Gasteiger partial charge on any atom is 0.135 e. The van der Waals surface area contributed by atoms with Gasteiger partial charge in [-0.25, -0.2) is 9.97 Å². The van der Waals surface area contributed by atoms with Gasteiger partial charge in [-0.1, -0.05) is 6.07 Å². The topological polar surface area (TPSA) is 53.1 Å². The molecular formula is C17H25N5. The van der Waals surface area contributed by atoms with Crippen molar-refractivity contribution in [1.82, 2.24) is 14.9 Å². The largest absolute Gasteiger partial charge is 0.370 e. The van der Waals surface area contributed by atoms with Crippen molar-refractivity contribution in [2.75, 3.05) is 37.8 Å². The zero-order chi connectivity index (χ0) is 15.9.